The Labute approximate surface area is 108 Å². The topological polar surface area (TPSA) is 29.5 Å². The zero-order valence-electron chi connectivity index (χ0n) is 10.2. The van der Waals surface area contributed by atoms with Crippen molar-refractivity contribution in [3.8, 4) is 5.75 Å². The fourth-order valence-electron chi connectivity index (χ4n) is 2.28. The Bertz CT molecular complexity index is 378. The minimum absolute atomic E-state index is 0.0605. The minimum Gasteiger partial charge on any atom is -0.488 e. The second kappa shape index (κ2) is 5.74. The highest BCUT2D eigenvalue weighted by Gasteiger charge is 2.24. The molecule has 0 aromatic heterocycles. The third-order valence-electron chi connectivity index (χ3n) is 3.35. The maximum absolute atomic E-state index is 9.86. The molecule has 94 valence electrons. The van der Waals surface area contributed by atoms with E-state index in [4.69, 9.17) is 16.3 Å². The lowest BCUT2D eigenvalue weighted by Gasteiger charge is -2.28. The van der Waals surface area contributed by atoms with Crippen LogP contribution in [0.4, 0.5) is 0 Å². The lowest BCUT2D eigenvalue weighted by molar-refractivity contribution is 0.00684. The van der Waals surface area contributed by atoms with Crippen molar-refractivity contribution >= 4 is 11.6 Å². The molecule has 3 heteroatoms. The van der Waals surface area contributed by atoms with E-state index in [0.29, 0.717) is 0 Å². The van der Waals surface area contributed by atoms with Crippen LogP contribution in [0.1, 0.15) is 38.2 Å². The number of ether oxygens (including phenoxy) is 1. The highest BCUT2D eigenvalue weighted by molar-refractivity contribution is 6.31. The van der Waals surface area contributed by atoms with Crippen LogP contribution in [-0.2, 0) is 6.42 Å². The van der Waals surface area contributed by atoms with Gasteiger partial charge in [-0.25, -0.2) is 0 Å². The Morgan fingerprint density at radius 1 is 1.35 bits per heavy atom. The summed E-state index contributed by atoms with van der Waals surface area (Å²) in [6.07, 6.45) is 4.52. The molecule has 1 aliphatic carbocycles. The Morgan fingerprint density at radius 3 is 2.82 bits per heavy atom. The zero-order chi connectivity index (χ0) is 12.3. The standard InChI is InChI=1S/C14H19ClO2/c1-2-10-9-11(7-8-12(10)15)17-14-6-4-3-5-13(14)16/h7-9,13-14,16H,2-6H2,1H3/t13-,14-/m0/s1. The number of hydrogen-bond acceptors (Lipinski definition) is 2. The van der Waals surface area contributed by atoms with Gasteiger partial charge < -0.3 is 9.84 Å². The summed E-state index contributed by atoms with van der Waals surface area (Å²) >= 11 is 6.06. The first kappa shape index (κ1) is 12.7. The van der Waals surface area contributed by atoms with Crippen LogP contribution in [0.25, 0.3) is 0 Å². The molecule has 2 atom stereocenters. The average molecular weight is 255 g/mol. The molecule has 1 aliphatic rings. The normalized spacial score (nSPS) is 24.6. The summed E-state index contributed by atoms with van der Waals surface area (Å²) in [7, 11) is 0. The van der Waals surface area contributed by atoms with Gasteiger partial charge in [-0.2, -0.15) is 0 Å². The zero-order valence-corrected chi connectivity index (χ0v) is 10.9. The summed E-state index contributed by atoms with van der Waals surface area (Å²) in [4.78, 5) is 0. The van der Waals surface area contributed by atoms with E-state index in [-0.39, 0.29) is 12.2 Å². The number of aliphatic hydroxyl groups excluding tert-OH is 1. The number of rotatable bonds is 3. The van der Waals surface area contributed by atoms with E-state index in [9.17, 15) is 5.11 Å². The lowest BCUT2D eigenvalue weighted by atomic mass is 9.95. The Balaban J connectivity index is 2.07. The van der Waals surface area contributed by atoms with Gasteiger partial charge in [0.25, 0.3) is 0 Å². The number of aliphatic hydroxyl groups is 1. The van der Waals surface area contributed by atoms with Gasteiger partial charge in [-0.15, -0.1) is 0 Å². The molecule has 1 aromatic carbocycles. The molecule has 0 heterocycles. The van der Waals surface area contributed by atoms with Crippen LogP contribution in [-0.4, -0.2) is 17.3 Å². The number of halogens is 1. The molecular weight excluding hydrogens is 236 g/mol. The van der Waals surface area contributed by atoms with Crippen molar-refractivity contribution in [2.75, 3.05) is 0 Å². The second-order valence-corrected chi connectivity index (χ2v) is 5.02. The molecule has 2 nitrogen and oxygen atoms in total. The smallest absolute Gasteiger partial charge is 0.124 e. The SMILES string of the molecule is CCc1cc(O[C@H]2CCCC[C@@H]2O)ccc1Cl. The van der Waals surface area contributed by atoms with Crippen molar-refractivity contribution in [1.82, 2.24) is 0 Å². The highest BCUT2D eigenvalue weighted by Crippen LogP contribution is 2.27. The van der Waals surface area contributed by atoms with Gasteiger partial charge in [0.15, 0.2) is 0 Å². The molecule has 17 heavy (non-hydrogen) atoms. The molecule has 1 fully saturated rings. The average Bonchev–Trinajstić information content (AvgIpc) is 2.34. The first-order chi connectivity index (χ1) is 8.20. The summed E-state index contributed by atoms with van der Waals surface area (Å²) in [5.74, 6) is 0.817. The number of hydrogen-bond donors (Lipinski definition) is 1. The fourth-order valence-corrected chi connectivity index (χ4v) is 2.54. The van der Waals surface area contributed by atoms with Crippen molar-refractivity contribution in [3.05, 3.63) is 28.8 Å². The molecule has 1 aromatic rings. The van der Waals surface area contributed by atoms with Crippen LogP contribution in [0.2, 0.25) is 5.02 Å². The van der Waals surface area contributed by atoms with Crippen LogP contribution in [0.5, 0.6) is 5.75 Å². The maximum atomic E-state index is 9.86. The van der Waals surface area contributed by atoms with E-state index in [1.807, 2.05) is 18.2 Å². The van der Waals surface area contributed by atoms with Crippen molar-refractivity contribution in [1.29, 1.82) is 0 Å². The third kappa shape index (κ3) is 3.14. The van der Waals surface area contributed by atoms with E-state index in [0.717, 1.165) is 48.4 Å². The molecule has 0 aliphatic heterocycles. The molecule has 1 saturated carbocycles. The Kier molecular flexibility index (Phi) is 4.30. The fraction of sp³-hybridized carbons (Fsp3) is 0.571. The summed E-state index contributed by atoms with van der Waals surface area (Å²) in [5, 5.41) is 10.6. The van der Waals surface area contributed by atoms with Crippen LogP contribution in [0.3, 0.4) is 0 Å². The van der Waals surface area contributed by atoms with Crippen LogP contribution < -0.4 is 4.74 Å². The van der Waals surface area contributed by atoms with Crippen LogP contribution in [0, 0.1) is 0 Å². The van der Waals surface area contributed by atoms with E-state index >= 15 is 0 Å². The molecule has 0 amide bonds. The molecule has 0 bridgehead atoms. The first-order valence-electron chi connectivity index (χ1n) is 6.34. The number of aryl methyl sites for hydroxylation is 1. The van der Waals surface area contributed by atoms with E-state index < -0.39 is 0 Å². The van der Waals surface area contributed by atoms with Gasteiger partial charge in [-0.05, 0) is 49.4 Å². The van der Waals surface area contributed by atoms with Crippen molar-refractivity contribution in [2.45, 2.75) is 51.2 Å². The van der Waals surface area contributed by atoms with Crippen molar-refractivity contribution in [2.24, 2.45) is 0 Å². The van der Waals surface area contributed by atoms with E-state index in [1.165, 1.54) is 0 Å². The van der Waals surface area contributed by atoms with Crippen molar-refractivity contribution in [3.63, 3.8) is 0 Å². The second-order valence-electron chi connectivity index (χ2n) is 4.61. The predicted octanol–water partition coefficient (Wildman–Crippen LogP) is 3.58. The Hall–Kier alpha value is -0.730. The summed E-state index contributed by atoms with van der Waals surface area (Å²) < 4.78 is 5.86. The third-order valence-corrected chi connectivity index (χ3v) is 3.72. The maximum Gasteiger partial charge on any atom is 0.124 e. The molecule has 0 spiro atoms. The molecule has 0 unspecified atom stereocenters. The van der Waals surface area contributed by atoms with Crippen molar-refractivity contribution < 1.29 is 9.84 Å². The van der Waals surface area contributed by atoms with E-state index in [2.05, 4.69) is 6.92 Å². The minimum atomic E-state index is -0.329. The monoisotopic (exact) mass is 254 g/mol. The summed E-state index contributed by atoms with van der Waals surface area (Å²) in [6, 6.07) is 5.72. The largest absolute Gasteiger partial charge is 0.488 e. The quantitative estimate of drug-likeness (QED) is 0.893. The van der Waals surface area contributed by atoms with Gasteiger partial charge in [-0.1, -0.05) is 24.9 Å². The van der Waals surface area contributed by atoms with Gasteiger partial charge in [0.2, 0.25) is 0 Å². The Morgan fingerprint density at radius 2 is 2.12 bits per heavy atom. The first-order valence-corrected chi connectivity index (χ1v) is 6.71. The van der Waals surface area contributed by atoms with Gasteiger partial charge >= 0.3 is 0 Å². The highest BCUT2D eigenvalue weighted by atomic mass is 35.5. The molecule has 0 saturated heterocycles. The van der Waals surface area contributed by atoms with Gasteiger partial charge in [0, 0.05) is 5.02 Å². The number of benzene rings is 1. The van der Waals surface area contributed by atoms with Crippen LogP contribution >= 0.6 is 11.6 Å². The van der Waals surface area contributed by atoms with Gasteiger partial charge in [-0.3, -0.25) is 0 Å². The van der Waals surface area contributed by atoms with Gasteiger partial charge in [0.05, 0.1) is 6.10 Å². The molecular formula is C14H19ClO2. The molecule has 2 rings (SSSR count). The summed E-state index contributed by atoms with van der Waals surface area (Å²) in [6.45, 7) is 2.07. The molecule has 1 N–H and O–H groups in total. The van der Waals surface area contributed by atoms with Crippen LogP contribution in [0.15, 0.2) is 18.2 Å². The molecule has 0 radical (unpaired) electrons. The van der Waals surface area contributed by atoms with Gasteiger partial charge in [0.1, 0.15) is 11.9 Å². The summed E-state index contributed by atoms with van der Waals surface area (Å²) in [5.41, 5.74) is 1.09. The lowest BCUT2D eigenvalue weighted by Crippen LogP contribution is -2.34. The predicted molar refractivity (Wildman–Crippen MR) is 69.7 cm³/mol. The van der Waals surface area contributed by atoms with E-state index in [1.54, 1.807) is 0 Å².